The summed E-state index contributed by atoms with van der Waals surface area (Å²) in [6, 6.07) is 0. The molecule has 9 heavy (non-hydrogen) atoms. The number of hydrogen-bond acceptors (Lipinski definition) is 1. The van der Waals surface area contributed by atoms with Crippen molar-refractivity contribution >= 4 is 35.2 Å². The molecule has 0 spiro atoms. The van der Waals surface area contributed by atoms with Crippen molar-refractivity contribution in [2.24, 2.45) is 0 Å². The summed E-state index contributed by atoms with van der Waals surface area (Å²) in [5.41, 5.74) is 0. The fourth-order valence-corrected chi connectivity index (χ4v) is 0.728. The largest absolute Gasteiger partial charge is 0.148 e. The Morgan fingerprint density at radius 3 is 2.78 bits per heavy atom. The minimum atomic E-state index is 1.02. The van der Waals surface area contributed by atoms with E-state index in [-0.39, 0.29) is 0 Å². The highest BCUT2D eigenvalue weighted by molar-refractivity contribution is 14.1. The first-order chi connectivity index (χ1) is 4.31. The van der Waals surface area contributed by atoms with E-state index >= 15 is 0 Å². The summed E-state index contributed by atoms with van der Waals surface area (Å²) in [7, 11) is 0. The molecular formula is C7H11IS. The van der Waals surface area contributed by atoms with Crippen molar-refractivity contribution in [2.75, 3.05) is 4.43 Å². The van der Waals surface area contributed by atoms with Crippen LogP contribution in [-0.4, -0.2) is 4.43 Å². The molecule has 0 nitrogen and oxygen atoms in total. The third-order valence-electron chi connectivity index (χ3n) is 0.876. The molecule has 0 rings (SSSR count). The van der Waals surface area contributed by atoms with Crippen molar-refractivity contribution in [1.29, 1.82) is 0 Å². The maximum Gasteiger partial charge on any atom is 0.0178 e. The van der Waals surface area contributed by atoms with Crippen molar-refractivity contribution < 1.29 is 0 Å². The molecule has 0 aliphatic carbocycles. The Morgan fingerprint density at radius 1 is 1.67 bits per heavy atom. The van der Waals surface area contributed by atoms with Gasteiger partial charge in [-0.2, -0.15) is 0 Å². The van der Waals surface area contributed by atoms with Crippen LogP contribution in [0.4, 0.5) is 0 Å². The Labute approximate surface area is 76.0 Å². The minimum absolute atomic E-state index is 1.02. The fourth-order valence-electron chi connectivity index (χ4n) is 0.348. The molecule has 0 aromatic heterocycles. The average Bonchev–Trinajstić information content (AvgIpc) is 1.89. The number of alkyl halides is 1. The minimum Gasteiger partial charge on any atom is -0.148 e. The summed E-state index contributed by atoms with van der Waals surface area (Å²) < 4.78 is 1.07. The van der Waals surface area contributed by atoms with Gasteiger partial charge < -0.3 is 0 Å². The van der Waals surface area contributed by atoms with E-state index in [1.165, 1.54) is 0 Å². The van der Waals surface area contributed by atoms with Crippen molar-refractivity contribution in [1.82, 2.24) is 0 Å². The Balaban J connectivity index is 3.55. The first-order valence-electron chi connectivity index (χ1n) is 2.92. The quantitative estimate of drug-likeness (QED) is 0.340. The van der Waals surface area contributed by atoms with Crippen molar-refractivity contribution in [3.8, 4) is 0 Å². The predicted octanol–water partition coefficient (Wildman–Crippen LogP) is 3.20. The van der Waals surface area contributed by atoms with Gasteiger partial charge in [0.15, 0.2) is 0 Å². The van der Waals surface area contributed by atoms with Gasteiger partial charge in [0.1, 0.15) is 0 Å². The van der Waals surface area contributed by atoms with Gasteiger partial charge in [-0.1, -0.05) is 47.7 Å². The summed E-state index contributed by atoms with van der Waals surface area (Å²) in [5, 5.41) is 0. The van der Waals surface area contributed by atoms with Gasteiger partial charge in [-0.3, -0.25) is 0 Å². The van der Waals surface area contributed by atoms with Gasteiger partial charge >= 0.3 is 0 Å². The molecule has 0 aromatic carbocycles. The topological polar surface area (TPSA) is 0 Å². The second-order valence-corrected chi connectivity index (χ2v) is 3.05. The standard InChI is InChI=1S/C7H11IS/c1-2-7(9)5-3-4-6-8/h3-5,9H,2,6H2,1H3/b4-3-,7-5+. The van der Waals surface area contributed by atoms with E-state index in [2.05, 4.69) is 48.2 Å². The first kappa shape index (κ1) is 9.56. The highest BCUT2D eigenvalue weighted by atomic mass is 127. The van der Waals surface area contributed by atoms with Crippen LogP contribution in [0.15, 0.2) is 23.1 Å². The molecule has 0 fully saturated rings. The molecule has 0 atom stereocenters. The SMILES string of the molecule is CC/C(S)=C\C=C/CI. The molecule has 0 bridgehead atoms. The molecule has 0 saturated heterocycles. The van der Waals surface area contributed by atoms with E-state index in [4.69, 9.17) is 0 Å². The van der Waals surface area contributed by atoms with Crippen molar-refractivity contribution in [2.45, 2.75) is 13.3 Å². The summed E-state index contributed by atoms with van der Waals surface area (Å²) in [6.45, 7) is 2.09. The molecule has 0 radical (unpaired) electrons. The van der Waals surface area contributed by atoms with Gasteiger partial charge in [0, 0.05) is 4.43 Å². The summed E-state index contributed by atoms with van der Waals surface area (Å²) in [5.74, 6) is 0. The lowest BCUT2D eigenvalue weighted by Crippen LogP contribution is -1.63. The summed E-state index contributed by atoms with van der Waals surface area (Å²) in [6.07, 6.45) is 7.20. The average molecular weight is 254 g/mol. The molecular weight excluding hydrogens is 243 g/mol. The van der Waals surface area contributed by atoms with E-state index in [0.717, 1.165) is 15.8 Å². The number of thiol groups is 1. The van der Waals surface area contributed by atoms with Crippen LogP contribution in [0.1, 0.15) is 13.3 Å². The zero-order chi connectivity index (χ0) is 7.11. The second kappa shape index (κ2) is 6.68. The van der Waals surface area contributed by atoms with E-state index in [0.29, 0.717) is 0 Å². The first-order valence-corrected chi connectivity index (χ1v) is 4.89. The number of hydrogen-bond donors (Lipinski definition) is 1. The van der Waals surface area contributed by atoms with Crippen LogP contribution in [0.5, 0.6) is 0 Å². The number of allylic oxidation sites excluding steroid dienone is 4. The molecule has 0 unspecified atom stereocenters. The zero-order valence-electron chi connectivity index (χ0n) is 5.47. The normalized spacial score (nSPS) is 13.0. The third-order valence-corrected chi connectivity index (χ3v) is 1.85. The Bertz CT molecular complexity index is 116. The van der Waals surface area contributed by atoms with Crippen LogP contribution in [0.25, 0.3) is 0 Å². The molecule has 0 heterocycles. The van der Waals surface area contributed by atoms with Gasteiger partial charge in [0.2, 0.25) is 0 Å². The lowest BCUT2D eigenvalue weighted by atomic mass is 10.4. The van der Waals surface area contributed by atoms with Gasteiger partial charge in [0.05, 0.1) is 0 Å². The van der Waals surface area contributed by atoms with Gasteiger partial charge in [-0.05, 0) is 11.3 Å². The maximum absolute atomic E-state index is 4.21. The van der Waals surface area contributed by atoms with Crippen LogP contribution in [0.3, 0.4) is 0 Å². The molecule has 0 aromatic rings. The molecule has 2 heteroatoms. The lowest BCUT2D eigenvalue weighted by molar-refractivity contribution is 1.20. The molecule has 0 amide bonds. The monoisotopic (exact) mass is 254 g/mol. The molecule has 52 valence electrons. The van der Waals surface area contributed by atoms with Gasteiger partial charge in [0.25, 0.3) is 0 Å². The third kappa shape index (κ3) is 6.45. The van der Waals surface area contributed by atoms with Crippen molar-refractivity contribution in [3.05, 3.63) is 23.1 Å². The van der Waals surface area contributed by atoms with E-state index in [1.54, 1.807) is 0 Å². The van der Waals surface area contributed by atoms with Crippen LogP contribution >= 0.6 is 35.2 Å². The summed E-state index contributed by atoms with van der Waals surface area (Å²) in [4.78, 5) is 1.14. The number of rotatable bonds is 3. The highest BCUT2D eigenvalue weighted by Gasteiger charge is 1.77. The lowest BCUT2D eigenvalue weighted by Gasteiger charge is -1.86. The van der Waals surface area contributed by atoms with E-state index in [9.17, 15) is 0 Å². The maximum atomic E-state index is 4.21. The van der Waals surface area contributed by atoms with E-state index in [1.807, 2.05) is 12.2 Å². The van der Waals surface area contributed by atoms with Crippen LogP contribution in [0.2, 0.25) is 0 Å². The molecule has 0 aliphatic rings. The summed E-state index contributed by atoms with van der Waals surface area (Å²) >= 11 is 6.52. The van der Waals surface area contributed by atoms with Gasteiger partial charge in [-0.15, -0.1) is 12.6 Å². The Hall–Kier alpha value is 0.560. The fraction of sp³-hybridized carbons (Fsp3) is 0.429. The Morgan fingerprint density at radius 2 is 2.33 bits per heavy atom. The van der Waals surface area contributed by atoms with Crippen LogP contribution < -0.4 is 0 Å². The van der Waals surface area contributed by atoms with Crippen LogP contribution in [-0.2, 0) is 0 Å². The second-order valence-electron chi connectivity index (χ2n) is 1.59. The zero-order valence-corrected chi connectivity index (χ0v) is 8.52. The van der Waals surface area contributed by atoms with Crippen molar-refractivity contribution in [3.63, 3.8) is 0 Å². The highest BCUT2D eigenvalue weighted by Crippen LogP contribution is 2.04. The van der Waals surface area contributed by atoms with Gasteiger partial charge in [-0.25, -0.2) is 0 Å². The smallest absolute Gasteiger partial charge is 0.0178 e. The number of halogens is 1. The molecule has 0 N–H and O–H groups in total. The molecule has 0 saturated carbocycles. The Kier molecular flexibility index (Phi) is 7.09. The van der Waals surface area contributed by atoms with Crippen LogP contribution in [0, 0.1) is 0 Å². The van der Waals surface area contributed by atoms with E-state index < -0.39 is 0 Å². The predicted molar refractivity (Wildman–Crippen MR) is 55.4 cm³/mol. The molecule has 0 aliphatic heterocycles.